The van der Waals surface area contributed by atoms with Gasteiger partial charge in [-0.15, -0.1) is 0 Å². The van der Waals surface area contributed by atoms with E-state index in [9.17, 15) is 0 Å². The van der Waals surface area contributed by atoms with Crippen LogP contribution in [0.25, 0.3) is 0 Å². The largest absolute Gasteiger partial charge is 0.383 e. The van der Waals surface area contributed by atoms with Crippen LogP contribution in [0.3, 0.4) is 0 Å². The fourth-order valence-corrected chi connectivity index (χ4v) is 3.17. The van der Waals surface area contributed by atoms with Crippen molar-refractivity contribution in [3.05, 3.63) is 34.0 Å². The quantitative estimate of drug-likeness (QED) is 0.479. The van der Waals surface area contributed by atoms with E-state index in [0.717, 1.165) is 60.3 Å². The molecular weight excluding hydrogens is 356 g/mol. The van der Waals surface area contributed by atoms with Crippen LogP contribution in [0.4, 0.5) is 0 Å². The molecule has 8 nitrogen and oxygen atoms in total. The Balaban J connectivity index is 2.10. The van der Waals surface area contributed by atoms with Crippen LogP contribution in [0.15, 0.2) is 9.52 Å². The number of ether oxygens (including phenoxy) is 1. The Kier molecular flexibility index (Phi) is 8.50. The van der Waals surface area contributed by atoms with E-state index in [1.165, 1.54) is 5.56 Å². The summed E-state index contributed by atoms with van der Waals surface area (Å²) in [6.45, 7) is 13.8. The smallest absolute Gasteiger partial charge is 0.191 e. The molecule has 156 valence electrons. The summed E-state index contributed by atoms with van der Waals surface area (Å²) in [5, 5.41) is 15.5. The van der Waals surface area contributed by atoms with E-state index in [1.807, 2.05) is 11.6 Å². The minimum Gasteiger partial charge on any atom is -0.383 e. The lowest BCUT2D eigenvalue weighted by Gasteiger charge is -2.12. The van der Waals surface area contributed by atoms with E-state index < -0.39 is 0 Å². The molecule has 0 saturated heterocycles. The van der Waals surface area contributed by atoms with Gasteiger partial charge in [-0.3, -0.25) is 4.68 Å². The molecule has 0 aliphatic heterocycles. The van der Waals surface area contributed by atoms with E-state index in [4.69, 9.17) is 14.3 Å². The molecule has 0 radical (unpaired) electrons. The molecule has 0 aliphatic rings. The van der Waals surface area contributed by atoms with Gasteiger partial charge in [0.1, 0.15) is 5.76 Å². The van der Waals surface area contributed by atoms with Crippen molar-refractivity contribution in [2.24, 2.45) is 4.99 Å². The summed E-state index contributed by atoms with van der Waals surface area (Å²) in [5.41, 5.74) is 5.45. The van der Waals surface area contributed by atoms with Gasteiger partial charge in [-0.25, -0.2) is 4.99 Å². The second-order valence-corrected chi connectivity index (χ2v) is 6.65. The van der Waals surface area contributed by atoms with Crippen LogP contribution in [0.5, 0.6) is 0 Å². The minimum absolute atomic E-state index is 0.552. The number of nitrogens with one attached hydrogen (secondary N) is 2. The molecule has 0 spiro atoms. The Labute approximate surface area is 167 Å². The highest BCUT2D eigenvalue weighted by Gasteiger charge is 2.14. The summed E-state index contributed by atoms with van der Waals surface area (Å²) in [6.07, 6.45) is 1.66. The maximum Gasteiger partial charge on any atom is 0.191 e. The number of aryl methyl sites for hydroxylation is 3. The first-order valence-corrected chi connectivity index (χ1v) is 10.1. The summed E-state index contributed by atoms with van der Waals surface area (Å²) >= 11 is 0. The van der Waals surface area contributed by atoms with Crippen LogP contribution in [0, 0.1) is 13.8 Å². The molecular formula is C20H34N6O2. The molecule has 28 heavy (non-hydrogen) atoms. The van der Waals surface area contributed by atoms with E-state index in [1.54, 1.807) is 7.11 Å². The molecule has 8 heteroatoms. The SMILES string of the molecule is CCNC(=NCc1c(CC)noc1CC)NCc1c(C)nn(CCOC)c1C. The van der Waals surface area contributed by atoms with Gasteiger partial charge < -0.3 is 19.9 Å². The van der Waals surface area contributed by atoms with Crippen molar-refractivity contribution >= 4 is 5.96 Å². The highest BCUT2D eigenvalue weighted by atomic mass is 16.5. The van der Waals surface area contributed by atoms with E-state index >= 15 is 0 Å². The number of hydrogen-bond donors (Lipinski definition) is 2. The molecule has 0 saturated carbocycles. The van der Waals surface area contributed by atoms with Crippen molar-refractivity contribution in [3.8, 4) is 0 Å². The van der Waals surface area contributed by atoms with Gasteiger partial charge in [0.2, 0.25) is 0 Å². The molecule has 0 atom stereocenters. The highest BCUT2D eigenvalue weighted by Crippen LogP contribution is 2.17. The molecule has 2 rings (SSSR count). The maximum atomic E-state index is 5.44. The second-order valence-electron chi connectivity index (χ2n) is 6.65. The Morgan fingerprint density at radius 3 is 2.57 bits per heavy atom. The molecule has 2 heterocycles. The summed E-state index contributed by atoms with van der Waals surface area (Å²) in [4.78, 5) is 4.75. The number of nitrogens with zero attached hydrogens (tertiary/aromatic N) is 4. The number of methoxy groups -OCH3 is 1. The van der Waals surface area contributed by atoms with E-state index in [-0.39, 0.29) is 0 Å². The van der Waals surface area contributed by atoms with Crippen LogP contribution in [-0.2, 0) is 37.2 Å². The van der Waals surface area contributed by atoms with Crippen molar-refractivity contribution in [2.45, 2.75) is 67.1 Å². The average Bonchev–Trinajstić information content (AvgIpc) is 3.22. The first-order chi connectivity index (χ1) is 13.5. The third kappa shape index (κ3) is 5.34. The lowest BCUT2D eigenvalue weighted by atomic mass is 10.1. The third-order valence-electron chi connectivity index (χ3n) is 4.82. The molecule has 0 fully saturated rings. The highest BCUT2D eigenvalue weighted by molar-refractivity contribution is 5.79. The lowest BCUT2D eigenvalue weighted by molar-refractivity contribution is 0.182. The van der Waals surface area contributed by atoms with Crippen molar-refractivity contribution in [2.75, 3.05) is 20.3 Å². The van der Waals surface area contributed by atoms with E-state index in [0.29, 0.717) is 19.7 Å². The predicted molar refractivity (Wildman–Crippen MR) is 110 cm³/mol. The Bertz CT molecular complexity index is 756. The van der Waals surface area contributed by atoms with Gasteiger partial charge in [0.25, 0.3) is 0 Å². The van der Waals surface area contributed by atoms with Gasteiger partial charge >= 0.3 is 0 Å². The van der Waals surface area contributed by atoms with Crippen LogP contribution < -0.4 is 10.6 Å². The zero-order valence-electron chi connectivity index (χ0n) is 18.1. The van der Waals surface area contributed by atoms with Crippen molar-refractivity contribution < 1.29 is 9.26 Å². The Morgan fingerprint density at radius 2 is 1.93 bits per heavy atom. The predicted octanol–water partition coefficient (Wildman–Crippen LogP) is 2.51. The van der Waals surface area contributed by atoms with Crippen LogP contribution in [0.1, 0.15) is 54.7 Å². The van der Waals surface area contributed by atoms with Gasteiger partial charge in [-0.1, -0.05) is 19.0 Å². The standard InChI is InChI=1S/C20H34N6O2/c1-7-18-17(19(8-2)28-25-18)13-23-20(21-9-3)22-12-16-14(4)24-26(15(16)5)10-11-27-6/h7-13H2,1-6H3,(H2,21,22,23). The number of guanidine groups is 1. The molecule has 0 aromatic carbocycles. The minimum atomic E-state index is 0.552. The molecule has 0 bridgehead atoms. The normalized spacial score (nSPS) is 11.9. The zero-order chi connectivity index (χ0) is 20.5. The van der Waals surface area contributed by atoms with Crippen LogP contribution in [0.2, 0.25) is 0 Å². The van der Waals surface area contributed by atoms with Gasteiger partial charge in [0, 0.05) is 43.4 Å². The summed E-state index contributed by atoms with van der Waals surface area (Å²) in [6, 6.07) is 0. The van der Waals surface area contributed by atoms with Crippen LogP contribution >= 0.6 is 0 Å². The first-order valence-electron chi connectivity index (χ1n) is 10.1. The van der Waals surface area contributed by atoms with Crippen molar-refractivity contribution in [1.29, 1.82) is 0 Å². The molecule has 0 amide bonds. The molecule has 2 N–H and O–H groups in total. The number of rotatable bonds is 10. The fraction of sp³-hybridized carbons (Fsp3) is 0.650. The maximum absolute atomic E-state index is 5.44. The molecule has 0 aliphatic carbocycles. The molecule has 2 aromatic heterocycles. The van der Waals surface area contributed by atoms with Gasteiger partial charge in [0.05, 0.1) is 31.1 Å². The van der Waals surface area contributed by atoms with Crippen molar-refractivity contribution in [1.82, 2.24) is 25.6 Å². The van der Waals surface area contributed by atoms with Gasteiger partial charge in [0.15, 0.2) is 5.96 Å². The van der Waals surface area contributed by atoms with Gasteiger partial charge in [-0.2, -0.15) is 5.10 Å². The first kappa shape index (κ1) is 21.9. The average molecular weight is 391 g/mol. The summed E-state index contributed by atoms with van der Waals surface area (Å²) in [7, 11) is 1.71. The number of aliphatic imine (C=N–C) groups is 1. The van der Waals surface area contributed by atoms with Crippen LogP contribution in [-0.4, -0.2) is 41.2 Å². The third-order valence-corrected chi connectivity index (χ3v) is 4.82. The molecule has 2 aromatic rings. The lowest BCUT2D eigenvalue weighted by Crippen LogP contribution is -2.37. The number of hydrogen-bond acceptors (Lipinski definition) is 5. The van der Waals surface area contributed by atoms with E-state index in [2.05, 4.69) is 48.6 Å². The van der Waals surface area contributed by atoms with Crippen molar-refractivity contribution in [3.63, 3.8) is 0 Å². The second kappa shape index (κ2) is 10.8. The molecule has 0 unspecified atom stereocenters. The monoisotopic (exact) mass is 390 g/mol. The topological polar surface area (TPSA) is 89.5 Å². The fourth-order valence-electron chi connectivity index (χ4n) is 3.17. The number of aromatic nitrogens is 3. The van der Waals surface area contributed by atoms with Gasteiger partial charge in [-0.05, 0) is 27.2 Å². The summed E-state index contributed by atoms with van der Waals surface area (Å²) < 4.78 is 12.6. The zero-order valence-corrected chi connectivity index (χ0v) is 18.1. The summed E-state index contributed by atoms with van der Waals surface area (Å²) in [5.74, 6) is 1.69. The Morgan fingerprint density at radius 1 is 1.14 bits per heavy atom. The Hall–Kier alpha value is -2.35.